The van der Waals surface area contributed by atoms with Crippen LogP contribution in [0.5, 0.6) is 0 Å². The number of hydrogen-bond donors (Lipinski definition) is 2. The van der Waals surface area contributed by atoms with Gasteiger partial charge < -0.3 is 10.2 Å². The number of benzene rings is 1. The average Bonchev–Trinajstić information content (AvgIpc) is 2.83. The highest BCUT2D eigenvalue weighted by Gasteiger charge is 2.24. The van der Waals surface area contributed by atoms with E-state index in [1.165, 1.54) is 0 Å². The number of anilines is 1. The summed E-state index contributed by atoms with van der Waals surface area (Å²) in [5, 5.41) is 11.0. The summed E-state index contributed by atoms with van der Waals surface area (Å²) in [6, 6.07) is 7.81. The second-order valence-electron chi connectivity index (χ2n) is 5.18. The number of aromatic amines is 1. The molecule has 1 aromatic heterocycles. The number of piperidine rings is 1. The first-order valence-electron chi connectivity index (χ1n) is 6.66. The van der Waals surface area contributed by atoms with Gasteiger partial charge in [-0.1, -0.05) is 12.1 Å². The van der Waals surface area contributed by atoms with Gasteiger partial charge in [0.1, 0.15) is 0 Å². The molecule has 1 amide bonds. The molecule has 1 aliphatic rings. The van der Waals surface area contributed by atoms with Crippen molar-refractivity contribution >= 4 is 22.6 Å². The minimum absolute atomic E-state index is 0.0883. The maximum Gasteiger partial charge on any atom is 0.228 e. The second-order valence-corrected chi connectivity index (χ2v) is 5.18. The molecule has 0 spiro atoms. The van der Waals surface area contributed by atoms with Crippen LogP contribution in [-0.4, -0.2) is 41.1 Å². The number of likely N-dealkylation sites (tertiary alicyclic amines) is 1. The van der Waals surface area contributed by atoms with Crippen molar-refractivity contribution in [2.24, 2.45) is 5.92 Å². The highest BCUT2D eigenvalue weighted by molar-refractivity contribution is 6.00. The Bertz CT molecular complexity index is 584. The smallest absolute Gasteiger partial charge is 0.228 e. The summed E-state index contributed by atoms with van der Waals surface area (Å²) in [5.41, 5.74) is 0.946. The van der Waals surface area contributed by atoms with Crippen molar-refractivity contribution in [1.82, 2.24) is 15.1 Å². The van der Waals surface area contributed by atoms with E-state index in [1.807, 2.05) is 24.3 Å². The third-order valence-corrected chi connectivity index (χ3v) is 3.80. The quantitative estimate of drug-likeness (QED) is 0.864. The molecule has 2 heterocycles. The number of para-hydroxylation sites is 1. The van der Waals surface area contributed by atoms with E-state index in [2.05, 4.69) is 27.5 Å². The van der Waals surface area contributed by atoms with E-state index in [0.717, 1.165) is 36.8 Å². The van der Waals surface area contributed by atoms with Crippen molar-refractivity contribution in [3.05, 3.63) is 24.3 Å². The van der Waals surface area contributed by atoms with Crippen LogP contribution in [0.4, 0.5) is 5.82 Å². The highest BCUT2D eigenvalue weighted by Crippen LogP contribution is 2.22. The minimum Gasteiger partial charge on any atom is -0.308 e. The van der Waals surface area contributed by atoms with E-state index in [1.54, 1.807) is 0 Å². The molecular formula is C14H18N4O. The Labute approximate surface area is 112 Å². The Morgan fingerprint density at radius 1 is 1.37 bits per heavy atom. The lowest BCUT2D eigenvalue weighted by molar-refractivity contribution is -0.121. The highest BCUT2D eigenvalue weighted by atomic mass is 16.2. The van der Waals surface area contributed by atoms with Gasteiger partial charge in [-0.3, -0.25) is 9.89 Å². The van der Waals surface area contributed by atoms with Crippen LogP contribution in [0.2, 0.25) is 0 Å². The van der Waals surface area contributed by atoms with Crippen LogP contribution in [-0.2, 0) is 4.79 Å². The molecule has 2 aromatic rings. The van der Waals surface area contributed by atoms with Gasteiger partial charge in [0, 0.05) is 11.3 Å². The van der Waals surface area contributed by atoms with Gasteiger partial charge in [0.2, 0.25) is 5.91 Å². The molecule has 0 radical (unpaired) electrons. The van der Waals surface area contributed by atoms with Crippen LogP contribution in [0.25, 0.3) is 10.9 Å². The summed E-state index contributed by atoms with van der Waals surface area (Å²) in [7, 11) is 2.09. The lowest BCUT2D eigenvalue weighted by atomic mass is 9.96. The van der Waals surface area contributed by atoms with Crippen molar-refractivity contribution in [3.8, 4) is 0 Å². The SMILES string of the molecule is CN1CCC(C(=O)Nc2n[nH]c3ccccc23)CC1. The third kappa shape index (κ3) is 2.46. The second kappa shape index (κ2) is 5.01. The maximum atomic E-state index is 12.2. The van der Waals surface area contributed by atoms with Crippen molar-refractivity contribution < 1.29 is 4.79 Å². The van der Waals surface area contributed by atoms with Crippen LogP contribution in [0.1, 0.15) is 12.8 Å². The lowest BCUT2D eigenvalue weighted by Gasteiger charge is -2.27. The first-order valence-corrected chi connectivity index (χ1v) is 6.66. The molecule has 0 unspecified atom stereocenters. The Morgan fingerprint density at radius 3 is 2.89 bits per heavy atom. The number of carbonyl (C=O) groups excluding carboxylic acids is 1. The predicted molar refractivity (Wildman–Crippen MR) is 74.9 cm³/mol. The zero-order chi connectivity index (χ0) is 13.2. The number of amides is 1. The molecule has 2 N–H and O–H groups in total. The molecule has 5 nitrogen and oxygen atoms in total. The molecule has 100 valence electrons. The van der Waals surface area contributed by atoms with E-state index in [9.17, 15) is 4.79 Å². The van der Waals surface area contributed by atoms with E-state index in [-0.39, 0.29) is 11.8 Å². The van der Waals surface area contributed by atoms with E-state index >= 15 is 0 Å². The largest absolute Gasteiger partial charge is 0.308 e. The Morgan fingerprint density at radius 2 is 2.11 bits per heavy atom. The first kappa shape index (κ1) is 12.2. The van der Waals surface area contributed by atoms with Gasteiger partial charge in [-0.25, -0.2) is 0 Å². The monoisotopic (exact) mass is 258 g/mol. The van der Waals surface area contributed by atoms with Gasteiger partial charge in [-0.2, -0.15) is 5.10 Å². The number of H-pyrrole nitrogens is 1. The van der Waals surface area contributed by atoms with E-state index in [4.69, 9.17) is 0 Å². The van der Waals surface area contributed by atoms with Crippen molar-refractivity contribution in [2.45, 2.75) is 12.8 Å². The zero-order valence-electron chi connectivity index (χ0n) is 11.0. The summed E-state index contributed by atoms with van der Waals surface area (Å²) >= 11 is 0. The van der Waals surface area contributed by atoms with Gasteiger partial charge >= 0.3 is 0 Å². The van der Waals surface area contributed by atoms with Crippen LogP contribution < -0.4 is 5.32 Å². The number of carbonyl (C=O) groups is 1. The molecule has 3 rings (SSSR count). The van der Waals surface area contributed by atoms with E-state index in [0.29, 0.717) is 5.82 Å². The summed E-state index contributed by atoms with van der Waals surface area (Å²) in [4.78, 5) is 14.5. The summed E-state index contributed by atoms with van der Waals surface area (Å²) in [6.07, 6.45) is 1.84. The number of nitrogens with zero attached hydrogens (tertiary/aromatic N) is 2. The summed E-state index contributed by atoms with van der Waals surface area (Å²) in [6.45, 7) is 1.97. The minimum atomic E-state index is 0.0883. The van der Waals surface area contributed by atoms with Crippen LogP contribution in [0, 0.1) is 5.92 Å². The van der Waals surface area contributed by atoms with Gasteiger partial charge in [0.25, 0.3) is 0 Å². The third-order valence-electron chi connectivity index (χ3n) is 3.80. The fraction of sp³-hybridized carbons (Fsp3) is 0.429. The topological polar surface area (TPSA) is 61.0 Å². The predicted octanol–water partition coefficient (Wildman–Crippen LogP) is 1.84. The summed E-state index contributed by atoms with van der Waals surface area (Å²) in [5.74, 6) is 0.830. The van der Waals surface area contributed by atoms with Gasteiger partial charge in [-0.15, -0.1) is 0 Å². The molecule has 0 aliphatic carbocycles. The average molecular weight is 258 g/mol. The number of rotatable bonds is 2. The van der Waals surface area contributed by atoms with Crippen molar-refractivity contribution in [1.29, 1.82) is 0 Å². The fourth-order valence-electron chi connectivity index (χ4n) is 2.55. The van der Waals surface area contributed by atoms with Gasteiger partial charge in [-0.05, 0) is 45.1 Å². The van der Waals surface area contributed by atoms with Crippen molar-refractivity contribution in [2.75, 3.05) is 25.5 Å². The fourth-order valence-corrected chi connectivity index (χ4v) is 2.55. The van der Waals surface area contributed by atoms with Gasteiger partial charge in [0.05, 0.1) is 5.52 Å². The number of hydrogen-bond acceptors (Lipinski definition) is 3. The van der Waals surface area contributed by atoms with Crippen molar-refractivity contribution in [3.63, 3.8) is 0 Å². The Hall–Kier alpha value is -1.88. The number of nitrogens with one attached hydrogen (secondary N) is 2. The molecule has 0 atom stereocenters. The number of aromatic nitrogens is 2. The molecule has 1 aliphatic heterocycles. The Kier molecular flexibility index (Phi) is 3.21. The maximum absolute atomic E-state index is 12.2. The number of fused-ring (bicyclic) bond motifs is 1. The molecule has 0 bridgehead atoms. The van der Waals surface area contributed by atoms with E-state index < -0.39 is 0 Å². The summed E-state index contributed by atoms with van der Waals surface area (Å²) < 4.78 is 0. The standard InChI is InChI=1S/C14H18N4O/c1-18-8-6-10(7-9-18)14(19)15-13-11-4-2-3-5-12(11)16-17-13/h2-5,10H,6-9H2,1H3,(H2,15,16,17,19). The van der Waals surface area contributed by atoms with Crippen LogP contribution >= 0.6 is 0 Å². The molecule has 1 aromatic carbocycles. The molecule has 5 heteroatoms. The molecule has 1 fully saturated rings. The lowest BCUT2D eigenvalue weighted by Crippen LogP contribution is -2.36. The molecular weight excluding hydrogens is 240 g/mol. The molecule has 0 saturated carbocycles. The normalized spacial score (nSPS) is 17.7. The molecule has 19 heavy (non-hydrogen) atoms. The molecule has 1 saturated heterocycles. The Balaban J connectivity index is 1.72. The first-order chi connectivity index (χ1) is 9.24. The van der Waals surface area contributed by atoms with Crippen LogP contribution in [0.15, 0.2) is 24.3 Å². The van der Waals surface area contributed by atoms with Crippen LogP contribution in [0.3, 0.4) is 0 Å². The van der Waals surface area contributed by atoms with Gasteiger partial charge in [0.15, 0.2) is 5.82 Å². The zero-order valence-corrected chi connectivity index (χ0v) is 11.0.